The lowest BCUT2D eigenvalue weighted by atomic mass is 10.1. The summed E-state index contributed by atoms with van der Waals surface area (Å²) in [6, 6.07) is 8.10. The molecule has 2 aromatic heterocycles. The van der Waals surface area contributed by atoms with E-state index in [1.165, 1.54) is 22.5 Å². The fraction of sp³-hybridized carbons (Fsp3) is 0.278. The lowest BCUT2D eigenvalue weighted by molar-refractivity contribution is -0.119. The second-order valence-electron chi connectivity index (χ2n) is 6.50. The molecule has 1 N–H and O–H groups in total. The number of rotatable bonds is 6. The third-order valence-corrected chi connectivity index (χ3v) is 7.81. The van der Waals surface area contributed by atoms with Crippen LogP contribution in [-0.2, 0) is 21.2 Å². The Bertz CT molecular complexity index is 1100. The molecule has 1 atom stereocenters. The highest BCUT2D eigenvalue weighted by Crippen LogP contribution is 2.29. The molecule has 8 nitrogen and oxygen atoms in total. The molecule has 1 amide bonds. The van der Waals surface area contributed by atoms with E-state index in [2.05, 4.69) is 15.5 Å². The van der Waals surface area contributed by atoms with Crippen molar-refractivity contribution >= 4 is 33.3 Å². The van der Waals surface area contributed by atoms with Crippen LogP contribution in [0, 0.1) is 5.82 Å². The number of nitrogens with zero attached hydrogens (tertiary/aromatic N) is 3. The van der Waals surface area contributed by atoms with Gasteiger partial charge in [-0.1, -0.05) is 23.3 Å². The number of carbonyl (C=O) groups excluding carboxylic acids is 1. The first-order valence-corrected chi connectivity index (χ1v) is 11.2. The van der Waals surface area contributed by atoms with Gasteiger partial charge in [0.25, 0.3) is 10.0 Å². The van der Waals surface area contributed by atoms with Gasteiger partial charge < -0.3 is 4.42 Å². The molecule has 0 aliphatic carbocycles. The van der Waals surface area contributed by atoms with Gasteiger partial charge in [0.2, 0.25) is 11.8 Å². The van der Waals surface area contributed by atoms with Crippen LogP contribution >= 0.6 is 11.3 Å². The predicted molar refractivity (Wildman–Crippen MR) is 103 cm³/mol. The van der Waals surface area contributed by atoms with Gasteiger partial charge in [-0.15, -0.1) is 16.4 Å². The molecule has 4 rings (SSSR count). The molecular weight excluding hydrogens is 419 g/mol. The second kappa shape index (κ2) is 8.01. The maximum Gasteiger partial charge on any atom is 0.322 e. The summed E-state index contributed by atoms with van der Waals surface area (Å²) in [4.78, 5) is 12.7. The Hall–Kier alpha value is -2.63. The quantitative estimate of drug-likeness (QED) is 0.637. The van der Waals surface area contributed by atoms with Crippen LogP contribution in [0.1, 0.15) is 24.3 Å². The van der Waals surface area contributed by atoms with Crippen LogP contribution in [-0.4, -0.2) is 41.4 Å². The minimum atomic E-state index is -3.73. The van der Waals surface area contributed by atoms with Crippen LogP contribution in [0.3, 0.4) is 0 Å². The van der Waals surface area contributed by atoms with E-state index < -0.39 is 22.0 Å². The average Bonchev–Trinajstić information content (AvgIpc) is 3.45. The molecule has 1 unspecified atom stereocenters. The fourth-order valence-corrected chi connectivity index (χ4v) is 5.93. The number of sulfonamides is 1. The Morgan fingerprint density at radius 3 is 2.79 bits per heavy atom. The smallest absolute Gasteiger partial charge is 0.322 e. The molecule has 1 aliphatic heterocycles. The summed E-state index contributed by atoms with van der Waals surface area (Å²) in [6.07, 6.45) is 1.28. The zero-order valence-corrected chi connectivity index (χ0v) is 16.7. The summed E-state index contributed by atoms with van der Waals surface area (Å²) >= 11 is 1.11. The van der Waals surface area contributed by atoms with Gasteiger partial charge >= 0.3 is 6.01 Å². The van der Waals surface area contributed by atoms with Gasteiger partial charge in [0, 0.05) is 6.54 Å². The number of anilines is 1. The molecule has 3 heterocycles. The van der Waals surface area contributed by atoms with E-state index in [1.807, 2.05) is 0 Å². The van der Waals surface area contributed by atoms with Crippen LogP contribution in [0.5, 0.6) is 0 Å². The van der Waals surface area contributed by atoms with Crippen LogP contribution in [0.15, 0.2) is 50.4 Å². The Morgan fingerprint density at radius 1 is 1.28 bits per heavy atom. The van der Waals surface area contributed by atoms with Gasteiger partial charge in [0.15, 0.2) is 0 Å². The molecule has 152 valence electrons. The van der Waals surface area contributed by atoms with Crippen molar-refractivity contribution in [3.8, 4) is 0 Å². The molecule has 29 heavy (non-hydrogen) atoms. The van der Waals surface area contributed by atoms with Crippen LogP contribution in [0.2, 0.25) is 0 Å². The maximum absolute atomic E-state index is 13.0. The van der Waals surface area contributed by atoms with Crippen molar-refractivity contribution in [2.75, 3.05) is 11.9 Å². The fourth-order valence-electron chi connectivity index (χ4n) is 3.16. The Labute approximate surface area is 170 Å². The summed E-state index contributed by atoms with van der Waals surface area (Å²) in [5.41, 5.74) is 0.775. The van der Waals surface area contributed by atoms with E-state index in [0.717, 1.165) is 16.9 Å². The number of amides is 1. The third-order valence-electron chi connectivity index (χ3n) is 4.53. The van der Waals surface area contributed by atoms with Gasteiger partial charge in [-0.25, -0.2) is 12.8 Å². The standard InChI is InChI=1S/C18H17FN4O4S2/c19-13-7-5-12(6-8-13)11-15-21-22-18(27-15)20-17(24)14-3-1-9-23(14)29(25,26)16-4-2-10-28-16/h2,4-8,10,14H,1,3,9,11H2,(H,20,22,24). The van der Waals surface area contributed by atoms with Crippen molar-refractivity contribution in [3.63, 3.8) is 0 Å². The highest BCUT2D eigenvalue weighted by Gasteiger charge is 2.40. The molecule has 0 radical (unpaired) electrons. The lowest BCUT2D eigenvalue weighted by Gasteiger charge is -2.21. The van der Waals surface area contributed by atoms with Crippen molar-refractivity contribution in [3.05, 3.63) is 59.0 Å². The number of thiophene rings is 1. The molecule has 0 bridgehead atoms. The van der Waals surface area contributed by atoms with E-state index in [-0.39, 0.29) is 34.9 Å². The predicted octanol–water partition coefficient (Wildman–Crippen LogP) is 2.65. The van der Waals surface area contributed by atoms with Gasteiger partial charge in [0.1, 0.15) is 16.1 Å². The van der Waals surface area contributed by atoms with Crippen LogP contribution in [0.4, 0.5) is 10.4 Å². The topological polar surface area (TPSA) is 105 Å². The summed E-state index contributed by atoms with van der Waals surface area (Å²) in [5.74, 6) is -0.605. The number of halogens is 1. The molecule has 1 aromatic carbocycles. The molecule has 1 fully saturated rings. The summed E-state index contributed by atoms with van der Waals surface area (Å²) in [7, 11) is -3.73. The van der Waals surface area contributed by atoms with E-state index in [1.54, 1.807) is 23.6 Å². The molecular formula is C18H17FN4O4S2. The molecule has 1 saturated heterocycles. The first-order valence-electron chi connectivity index (χ1n) is 8.86. The van der Waals surface area contributed by atoms with Crippen molar-refractivity contribution in [1.29, 1.82) is 0 Å². The Kier molecular flexibility index (Phi) is 5.43. The molecule has 0 spiro atoms. The largest absolute Gasteiger partial charge is 0.407 e. The van der Waals surface area contributed by atoms with E-state index >= 15 is 0 Å². The van der Waals surface area contributed by atoms with Crippen molar-refractivity contribution in [2.45, 2.75) is 29.5 Å². The summed E-state index contributed by atoms with van der Waals surface area (Å²) in [5, 5.41) is 11.8. The monoisotopic (exact) mass is 436 g/mol. The summed E-state index contributed by atoms with van der Waals surface area (Å²) < 4.78 is 45.4. The molecule has 11 heteroatoms. The SMILES string of the molecule is O=C(Nc1nnc(Cc2ccc(F)cc2)o1)C1CCCN1S(=O)(=O)c1cccs1. The van der Waals surface area contributed by atoms with Gasteiger partial charge in [0.05, 0.1) is 6.42 Å². The average molecular weight is 436 g/mol. The third kappa shape index (κ3) is 4.21. The summed E-state index contributed by atoms with van der Waals surface area (Å²) in [6.45, 7) is 0.276. The number of nitrogens with one attached hydrogen (secondary N) is 1. The zero-order chi connectivity index (χ0) is 20.4. The second-order valence-corrected chi connectivity index (χ2v) is 9.56. The molecule has 0 saturated carbocycles. The van der Waals surface area contributed by atoms with Crippen molar-refractivity contribution in [2.24, 2.45) is 0 Å². The number of hydrogen-bond acceptors (Lipinski definition) is 7. The first kappa shape index (κ1) is 19.7. The normalized spacial score (nSPS) is 17.5. The maximum atomic E-state index is 13.0. The Morgan fingerprint density at radius 2 is 2.07 bits per heavy atom. The highest BCUT2D eigenvalue weighted by molar-refractivity contribution is 7.91. The minimum absolute atomic E-state index is 0.104. The minimum Gasteiger partial charge on any atom is -0.407 e. The Balaban J connectivity index is 1.44. The van der Waals surface area contributed by atoms with Gasteiger partial charge in [-0.2, -0.15) is 4.31 Å². The number of hydrogen-bond donors (Lipinski definition) is 1. The van der Waals surface area contributed by atoms with Crippen LogP contribution in [0.25, 0.3) is 0 Å². The van der Waals surface area contributed by atoms with Gasteiger partial charge in [-0.05, 0) is 42.0 Å². The number of aromatic nitrogens is 2. The van der Waals surface area contributed by atoms with Gasteiger partial charge in [-0.3, -0.25) is 10.1 Å². The molecule has 3 aromatic rings. The lowest BCUT2D eigenvalue weighted by Crippen LogP contribution is -2.42. The van der Waals surface area contributed by atoms with Crippen molar-refractivity contribution < 1.29 is 22.0 Å². The van der Waals surface area contributed by atoms with E-state index in [4.69, 9.17) is 4.42 Å². The van der Waals surface area contributed by atoms with E-state index in [0.29, 0.717) is 12.8 Å². The molecule has 1 aliphatic rings. The van der Waals surface area contributed by atoms with Crippen LogP contribution < -0.4 is 5.32 Å². The van der Waals surface area contributed by atoms with Crippen molar-refractivity contribution in [1.82, 2.24) is 14.5 Å². The number of benzene rings is 1. The zero-order valence-electron chi connectivity index (χ0n) is 15.1. The highest BCUT2D eigenvalue weighted by atomic mass is 32.2. The first-order chi connectivity index (χ1) is 13.9. The number of carbonyl (C=O) groups is 1. The van der Waals surface area contributed by atoms with E-state index in [9.17, 15) is 17.6 Å².